The van der Waals surface area contributed by atoms with Crippen LogP contribution >= 0.6 is 11.6 Å². The van der Waals surface area contributed by atoms with Crippen molar-refractivity contribution in [2.75, 3.05) is 6.54 Å². The summed E-state index contributed by atoms with van der Waals surface area (Å²) in [4.78, 5) is 22.9. The van der Waals surface area contributed by atoms with Crippen molar-refractivity contribution in [2.45, 2.75) is 26.3 Å². The van der Waals surface area contributed by atoms with Gasteiger partial charge in [-0.2, -0.15) is 0 Å². The number of unbranched alkanes of at least 4 members (excludes halogenated alkanes) is 1. The molecule has 1 amide bonds. The molecule has 4 nitrogen and oxygen atoms in total. The zero-order valence-corrected chi connectivity index (χ0v) is 12.1. The van der Waals surface area contributed by atoms with E-state index < -0.39 is 0 Å². The van der Waals surface area contributed by atoms with E-state index in [9.17, 15) is 9.59 Å². The van der Waals surface area contributed by atoms with Gasteiger partial charge in [-0.1, -0.05) is 31.0 Å². The van der Waals surface area contributed by atoms with E-state index in [2.05, 4.69) is 12.2 Å². The van der Waals surface area contributed by atoms with Crippen LogP contribution in [0.1, 0.15) is 30.1 Å². The Kier molecular flexibility index (Phi) is 4.79. The predicted molar refractivity (Wildman–Crippen MR) is 80.3 cm³/mol. The Bertz CT molecular complexity index is 634. The molecule has 106 valence electrons. The van der Waals surface area contributed by atoms with Gasteiger partial charge < -0.3 is 9.88 Å². The fourth-order valence-electron chi connectivity index (χ4n) is 2.13. The number of halogens is 1. The largest absolute Gasteiger partial charge is 0.355 e. The number of fused-ring (bicyclic) bond motifs is 1. The van der Waals surface area contributed by atoms with Crippen molar-refractivity contribution in [3.63, 3.8) is 0 Å². The third-order valence-corrected chi connectivity index (χ3v) is 3.40. The fraction of sp³-hybridized carbons (Fsp3) is 0.333. The third kappa shape index (κ3) is 3.20. The molecule has 1 aromatic carbocycles. The van der Waals surface area contributed by atoms with Gasteiger partial charge in [-0.05, 0) is 18.6 Å². The number of rotatable bonds is 6. The number of aromatic nitrogens is 1. The van der Waals surface area contributed by atoms with Crippen molar-refractivity contribution in [3.05, 3.63) is 35.0 Å². The van der Waals surface area contributed by atoms with Crippen LogP contribution in [0.3, 0.4) is 0 Å². The van der Waals surface area contributed by atoms with Crippen LogP contribution in [-0.2, 0) is 11.3 Å². The Morgan fingerprint density at radius 3 is 2.95 bits per heavy atom. The molecule has 0 spiro atoms. The molecule has 0 aliphatic carbocycles. The van der Waals surface area contributed by atoms with Crippen LogP contribution in [0.5, 0.6) is 0 Å². The van der Waals surface area contributed by atoms with E-state index >= 15 is 0 Å². The molecule has 0 unspecified atom stereocenters. The molecular formula is C15H17ClN2O2. The van der Waals surface area contributed by atoms with Crippen LogP contribution in [0.25, 0.3) is 10.9 Å². The van der Waals surface area contributed by atoms with Gasteiger partial charge in [0.25, 0.3) is 0 Å². The quantitative estimate of drug-likeness (QED) is 0.657. The standard InChI is InChI=1S/C15H17ClN2O2/c1-2-3-6-17-15(20)9-18-8-11(10-19)13-5-4-12(16)7-14(13)18/h4-5,7-8,10H,2-3,6,9H2,1H3,(H,17,20). The second-order valence-corrected chi connectivity index (χ2v) is 5.13. The summed E-state index contributed by atoms with van der Waals surface area (Å²) >= 11 is 5.98. The molecule has 1 aromatic heterocycles. The topological polar surface area (TPSA) is 51.1 Å². The van der Waals surface area contributed by atoms with Crippen molar-refractivity contribution < 1.29 is 9.59 Å². The zero-order valence-electron chi connectivity index (χ0n) is 11.4. The van der Waals surface area contributed by atoms with Crippen molar-refractivity contribution in [1.82, 2.24) is 9.88 Å². The van der Waals surface area contributed by atoms with Gasteiger partial charge in [0.05, 0.1) is 5.52 Å². The molecule has 0 saturated heterocycles. The van der Waals surface area contributed by atoms with E-state index in [0.29, 0.717) is 17.1 Å². The molecule has 0 aliphatic heterocycles. The number of amides is 1. The molecule has 2 rings (SSSR count). The molecule has 0 bridgehead atoms. The Morgan fingerprint density at radius 1 is 1.45 bits per heavy atom. The first-order valence-electron chi connectivity index (χ1n) is 6.66. The first-order chi connectivity index (χ1) is 9.65. The molecule has 20 heavy (non-hydrogen) atoms. The van der Waals surface area contributed by atoms with Crippen LogP contribution < -0.4 is 5.32 Å². The molecule has 0 atom stereocenters. The molecule has 2 aromatic rings. The van der Waals surface area contributed by atoms with Gasteiger partial charge in [-0.3, -0.25) is 9.59 Å². The molecule has 0 radical (unpaired) electrons. The summed E-state index contributed by atoms with van der Waals surface area (Å²) in [6.45, 7) is 2.94. The predicted octanol–water partition coefficient (Wildman–Crippen LogP) is 3.02. The molecule has 1 N–H and O–H groups in total. The monoisotopic (exact) mass is 292 g/mol. The maximum atomic E-state index is 11.9. The number of benzene rings is 1. The molecule has 5 heteroatoms. The second kappa shape index (κ2) is 6.57. The average molecular weight is 293 g/mol. The summed E-state index contributed by atoms with van der Waals surface area (Å²) in [7, 11) is 0. The number of nitrogens with one attached hydrogen (secondary N) is 1. The molecule has 0 saturated carbocycles. The van der Waals surface area contributed by atoms with Gasteiger partial charge in [-0.25, -0.2) is 0 Å². The fourth-order valence-corrected chi connectivity index (χ4v) is 2.30. The molecule has 1 heterocycles. The summed E-state index contributed by atoms with van der Waals surface area (Å²) in [5, 5.41) is 4.25. The lowest BCUT2D eigenvalue weighted by Gasteiger charge is -2.07. The molecule has 0 fully saturated rings. The van der Waals surface area contributed by atoms with Crippen LogP contribution in [-0.4, -0.2) is 23.3 Å². The minimum absolute atomic E-state index is 0.0622. The first kappa shape index (κ1) is 14.6. The number of aldehydes is 1. The summed E-state index contributed by atoms with van der Waals surface area (Å²) in [6, 6.07) is 5.30. The van der Waals surface area contributed by atoms with Gasteiger partial charge in [0.15, 0.2) is 6.29 Å². The van der Waals surface area contributed by atoms with E-state index in [-0.39, 0.29) is 12.5 Å². The van der Waals surface area contributed by atoms with Crippen LogP contribution in [0, 0.1) is 0 Å². The van der Waals surface area contributed by atoms with Crippen molar-refractivity contribution >= 4 is 34.7 Å². The third-order valence-electron chi connectivity index (χ3n) is 3.17. The van der Waals surface area contributed by atoms with Crippen LogP contribution in [0.15, 0.2) is 24.4 Å². The van der Waals surface area contributed by atoms with Crippen molar-refractivity contribution in [2.24, 2.45) is 0 Å². The molecular weight excluding hydrogens is 276 g/mol. The molecule has 0 aliphatic rings. The highest BCUT2D eigenvalue weighted by atomic mass is 35.5. The lowest BCUT2D eigenvalue weighted by atomic mass is 10.2. The van der Waals surface area contributed by atoms with E-state index in [1.54, 1.807) is 29.0 Å². The van der Waals surface area contributed by atoms with E-state index in [1.165, 1.54) is 0 Å². The Labute approximate surface area is 122 Å². The van der Waals surface area contributed by atoms with Crippen LogP contribution in [0.4, 0.5) is 0 Å². The van der Waals surface area contributed by atoms with Gasteiger partial charge in [-0.15, -0.1) is 0 Å². The van der Waals surface area contributed by atoms with E-state index in [4.69, 9.17) is 11.6 Å². The normalized spacial score (nSPS) is 10.7. The Balaban J connectivity index is 2.23. The number of carbonyl (C=O) groups excluding carboxylic acids is 2. The highest BCUT2D eigenvalue weighted by Gasteiger charge is 2.11. The zero-order chi connectivity index (χ0) is 14.5. The van der Waals surface area contributed by atoms with Gasteiger partial charge in [0.1, 0.15) is 6.54 Å². The van der Waals surface area contributed by atoms with Crippen molar-refractivity contribution in [3.8, 4) is 0 Å². The highest BCUT2D eigenvalue weighted by molar-refractivity contribution is 6.31. The summed E-state index contributed by atoms with van der Waals surface area (Å²) in [5.41, 5.74) is 1.36. The van der Waals surface area contributed by atoms with Crippen LogP contribution in [0.2, 0.25) is 5.02 Å². The number of nitrogens with zero attached hydrogens (tertiary/aromatic N) is 1. The van der Waals surface area contributed by atoms with Gasteiger partial charge in [0, 0.05) is 28.7 Å². The second-order valence-electron chi connectivity index (χ2n) is 4.70. The summed E-state index contributed by atoms with van der Waals surface area (Å²) in [5.74, 6) is -0.0622. The van der Waals surface area contributed by atoms with Crippen molar-refractivity contribution in [1.29, 1.82) is 0 Å². The van der Waals surface area contributed by atoms with Gasteiger partial charge >= 0.3 is 0 Å². The van der Waals surface area contributed by atoms with E-state index in [1.807, 2.05) is 0 Å². The van der Waals surface area contributed by atoms with E-state index in [0.717, 1.165) is 30.0 Å². The number of hydrogen-bond acceptors (Lipinski definition) is 2. The Hall–Kier alpha value is -1.81. The lowest BCUT2D eigenvalue weighted by Crippen LogP contribution is -2.28. The first-order valence-corrected chi connectivity index (χ1v) is 7.03. The number of carbonyl (C=O) groups is 2. The summed E-state index contributed by atoms with van der Waals surface area (Å²) in [6.07, 6.45) is 4.48. The highest BCUT2D eigenvalue weighted by Crippen LogP contribution is 2.23. The maximum absolute atomic E-state index is 11.9. The SMILES string of the molecule is CCCCNC(=O)Cn1cc(C=O)c2ccc(Cl)cc21. The Morgan fingerprint density at radius 2 is 2.25 bits per heavy atom. The average Bonchev–Trinajstić information content (AvgIpc) is 2.76. The maximum Gasteiger partial charge on any atom is 0.239 e. The minimum Gasteiger partial charge on any atom is -0.355 e. The van der Waals surface area contributed by atoms with Gasteiger partial charge in [0.2, 0.25) is 5.91 Å². The lowest BCUT2D eigenvalue weighted by molar-refractivity contribution is -0.121. The summed E-state index contributed by atoms with van der Waals surface area (Å²) < 4.78 is 1.76. The minimum atomic E-state index is -0.0622. The smallest absolute Gasteiger partial charge is 0.239 e. The number of hydrogen-bond donors (Lipinski definition) is 1.